The fourth-order valence-corrected chi connectivity index (χ4v) is 3.50. The maximum atomic E-state index is 14.1. The highest BCUT2D eigenvalue weighted by Gasteiger charge is 2.17. The molecule has 0 aliphatic heterocycles. The molecule has 3 aromatic rings. The van der Waals surface area contributed by atoms with Gasteiger partial charge in [0, 0.05) is 11.1 Å². The van der Waals surface area contributed by atoms with Crippen molar-refractivity contribution in [3.63, 3.8) is 0 Å². The summed E-state index contributed by atoms with van der Waals surface area (Å²) in [6.45, 7) is 6.52. The molecule has 1 aromatic heterocycles. The summed E-state index contributed by atoms with van der Waals surface area (Å²) in [5, 5.41) is 3.97. The Morgan fingerprint density at radius 2 is 1.65 bits per heavy atom. The van der Waals surface area contributed by atoms with Gasteiger partial charge in [-0.3, -0.25) is 0 Å². The zero-order valence-electron chi connectivity index (χ0n) is 15.7. The average molecular weight is 353 g/mol. The minimum atomic E-state index is -0.401. The van der Waals surface area contributed by atoms with Gasteiger partial charge in [0.25, 0.3) is 0 Å². The minimum absolute atomic E-state index is 0.223. The number of hydrogen-bond donors (Lipinski definition) is 0. The Morgan fingerprint density at radius 1 is 0.962 bits per heavy atom. The molecule has 26 heavy (non-hydrogen) atoms. The molecule has 0 bridgehead atoms. The number of halogens is 1. The van der Waals surface area contributed by atoms with Crippen LogP contribution in [-0.4, -0.2) is 12.3 Å². The van der Waals surface area contributed by atoms with E-state index in [4.69, 9.17) is 9.26 Å². The van der Waals surface area contributed by atoms with Crippen LogP contribution in [0.4, 0.5) is 4.39 Å². The first-order valence-corrected chi connectivity index (χ1v) is 9.06. The number of hydrogen-bond acceptors (Lipinski definition) is 3. The molecule has 0 spiro atoms. The molecule has 3 rings (SSSR count). The molecule has 136 valence electrons. The topological polar surface area (TPSA) is 35.3 Å². The van der Waals surface area contributed by atoms with Crippen molar-refractivity contribution in [1.29, 1.82) is 0 Å². The first-order valence-electron chi connectivity index (χ1n) is 9.06. The van der Waals surface area contributed by atoms with Crippen LogP contribution in [0.3, 0.4) is 0 Å². The van der Waals surface area contributed by atoms with Crippen molar-refractivity contribution < 1.29 is 13.7 Å². The Morgan fingerprint density at radius 3 is 2.19 bits per heavy atom. The maximum Gasteiger partial charge on any atom is 0.174 e. The molecule has 0 radical (unpaired) electrons. The van der Waals surface area contributed by atoms with Gasteiger partial charge in [0.15, 0.2) is 17.3 Å². The summed E-state index contributed by atoms with van der Waals surface area (Å²) in [5.74, 6) is 0.490. The highest BCUT2D eigenvalue weighted by Crippen LogP contribution is 2.36. The number of aromatic nitrogens is 1. The van der Waals surface area contributed by atoms with Crippen molar-refractivity contribution in [2.45, 2.75) is 40.0 Å². The van der Waals surface area contributed by atoms with Crippen molar-refractivity contribution in [2.75, 3.05) is 7.11 Å². The van der Waals surface area contributed by atoms with Gasteiger partial charge in [0.2, 0.25) is 0 Å². The van der Waals surface area contributed by atoms with E-state index in [1.807, 2.05) is 6.07 Å². The molecule has 3 nitrogen and oxygen atoms in total. The minimum Gasteiger partial charge on any atom is -0.494 e. The summed E-state index contributed by atoms with van der Waals surface area (Å²) in [7, 11) is 1.46. The fraction of sp³-hybridized carbons (Fsp3) is 0.318. The van der Waals surface area contributed by atoms with Crippen LogP contribution in [0.25, 0.3) is 22.5 Å². The van der Waals surface area contributed by atoms with Crippen molar-refractivity contribution in [2.24, 2.45) is 0 Å². The lowest BCUT2D eigenvalue weighted by Crippen LogP contribution is -1.99. The van der Waals surface area contributed by atoms with Crippen LogP contribution in [-0.2, 0) is 19.3 Å². The van der Waals surface area contributed by atoms with Gasteiger partial charge < -0.3 is 9.26 Å². The molecular formula is C22H24FNO2. The molecule has 0 N–H and O–H groups in total. The molecule has 1 heterocycles. The summed E-state index contributed by atoms with van der Waals surface area (Å²) in [6, 6.07) is 9.23. The monoisotopic (exact) mass is 353 g/mol. The van der Waals surface area contributed by atoms with E-state index in [9.17, 15) is 4.39 Å². The highest BCUT2D eigenvalue weighted by molar-refractivity contribution is 5.80. The van der Waals surface area contributed by atoms with E-state index >= 15 is 0 Å². The summed E-state index contributed by atoms with van der Waals surface area (Å²) in [4.78, 5) is 0. The van der Waals surface area contributed by atoms with E-state index in [0.717, 1.165) is 36.0 Å². The highest BCUT2D eigenvalue weighted by atomic mass is 19.1. The Labute approximate surface area is 153 Å². The predicted octanol–water partition coefficient (Wildman–Crippen LogP) is 5.84. The largest absolute Gasteiger partial charge is 0.494 e. The van der Waals surface area contributed by atoms with Crippen molar-refractivity contribution in [3.8, 4) is 28.2 Å². The summed E-state index contributed by atoms with van der Waals surface area (Å²) in [5.41, 5.74) is 6.54. The van der Waals surface area contributed by atoms with E-state index < -0.39 is 5.82 Å². The number of rotatable bonds is 6. The normalized spacial score (nSPS) is 11.0. The van der Waals surface area contributed by atoms with Crippen LogP contribution >= 0.6 is 0 Å². The quantitative estimate of drug-likeness (QED) is 0.558. The molecule has 0 unspecified atom stereocenters. The number of nitrogens with zero attached hydrogens (tertiary/aromatic N) is 1. The van der Waals surface area contributed by atoms with E-state index in [1.165, 1.54) is 29.9 Å². The summed E-state index contributed by atoms with van der Waals surface area (Å²) >= 11 is 0. The zero-order chi connectivity index (χ0) is 18.7. The lowest BCUT2D eigenvalue weighted by Gasteiger charge is -2.14. The maximum absolute atomic E-state index is 14.1. The zero-order valence-corrected chi connectivity index (χ0v) is 15.7. The molecule has 0 saturated heterocycles. The van der Waals surface area contributed by atoms with Gasteiger partial charge in [-0.25, -0.2) is 4.39 Å². The van der Waals surface area contributed by atoms with Gasteiger partial charge in [0.05, 0.1) is 13.3 Å². The van der Waals surface area contributed by atoms with E-state index in [0.29, 0.717) is 5.76 Å². The Kier molecular flexibility index (Phi) is 5.40. The van der Waals surface area contributed by atoms with Crippen LogP contribution in [0.1, 0.15) is 37.5 Å². The second-order valence-corrected chi connectivity index (χ2v) is 6.25. The molecule has 0 amide bonds. The van der Waals surface area contributed by atoms with Crippen molar-refractivity contribution >= 4 is 0 Å². The van der Waals surface area contributed by atoms with Crippen molar-refractivity contribution in [1.82, 2.24) is 5.16 Å². The molecule has 2 aromatic carbocycles. The number of benzene rings is 2. The van der Waals surface area contributed by atoms with Gasteiger partial charge in [-0.05, 0) is 65.8 Å². The molecule has 0 aliphatic rings. The number of aryl methyl sites for hydroxylation is 2. The number of ether oxygens (including phenoxy) is 1. The second kappa shape index (κ2) is 7.73. The van der Waals surface area contributed by atoms with Crippen LogP contribution in [0, 0.1) is 5.82 Å². The lowest BCUT2D eigenvalue weighted by molar-refractivity contribution is 0.386. The van der Waals surface area contributed by atoms with Crippen LogP contribution in [0.5, 0.6) is 5.75 Å². The fourth-order valence-electron chi connectivity index (χ4n) is 3.50. The van der Waals surface area contributed by atoms with Crippen LogP contribution in [0.2, 0.25) is 0 Å². The third kappa shape index (κ3) is 3.24. The first-order chi connectivity index (χ1) is 12.6. The lowest BCUT2D eigenvalue weighted by atomic mass is 9.91. The van der Waals surface area contributed by atoms with Gasteiger partial charge in [-0.2, -0.15) is 0 Å². The van der Waals surface area contributed by atoms with Crippen molar-refractivity contribution in [3.05, 3.63) is 59.0 Å². The number of methoxy groups -OCH3 is 1. The Bertz CT molecular complexity index is 889. The van der Waals surface area contributed by atoms with Gasteiger partial charge in [-0.1, -0.05) is 32.0 Å². The smallest absolute Gasteiger partial charge is 0.174 e. The van der Waals surface area contributed by atoms with E-state index in [2.05, 4.69) is 38.1 Å². The molecule has 4 heteroatoms. The average Bonchev–Trinajstić information content (AvgIpc) is 3.16. The summed E-state index contributed by atoms with van der Waals surface area (Å²) < 4.78 is 24.7. The van der Waals surface area contributed by atoms with Gasteiger partial charge in [-0.15, -0.1) is 0 Å². The van der Waals surface area contributed by atoms with E-state index in [-0.39, 0.29) is 5.75 Å². The van der Waals surface area contributed by atoms with Crippen LogP contribution in [0.15, 0.2) is 41.1 Å². The Balaban J connectivity index is 2.13. The van der Waals surface area contributed by atoms with Gasteiger partial charge >= 0.3 is 0 Å². The molecule has 0 saturated carbocycles. The molecular weight excluding hydrogens is 329 g/mol. The Hall–Kier alpha value is -2.62. The van der Waals surface area contributed by atoms with Gasteiger partial charge in [0.1, 0.15) is 0 Å². The molecule has 0 aliphatic carbocycles. The molecule has 0 fully saturated rings. The predicted molar refractivity (Wildman–Crippen MR) is 102 cm³/mol. The van der Waals surface area contributed by atoms with Crippen LogP contribution < -0.4 is 4.74 Å². The first kappa shape index (κ1) is 18.2. The standard InChI is InChI=1S/C22H24FNO2/c1-5-14-10-17(11-15(6-2)18(14)7-3)22-19(13-24-26-22)16-8-9-21(25-4)20(23)12-16/h8-13H,5-7H2,1-4H3. The van der Waals surface area contributed by atoms with E-state index in [1.54, 1.807) is 12.3 Å². The third-order valence-electron chi connectivity index (χ3n) is 4.85. The molecule has 0 atom stereocenters. The third-order valence-corrected chi connectivity index (χ3v) is 4.85. The summed E-state index contributed by atoms with van der Waals surface area (Å²) in [6.07, 6.45) is 4.58. The SMILES string of the molecule is CCc1cc(-c2oncc2-c2ccc(OC)c(F)c2)cc(CC)c1CC. The second-order valence-electron chi connectivity index (χ2n) is 6.25.